The summed E-state index contributed by atoms with van der Waals surface area (Å²) in [6.45, 7) is 2.58. The molecule has 0 bridgehead atoms. The zero-order valence-electron chi connectivity index (χ0n) is 8.53. The molecular weight excluding hydrogens is 230 g/mol. The van der Waals surface area contributed by atoms with Gasteiger partial charge in [0.25, 0.3) is 0 Å². The SMILES string of the molecule is CCCCOC(=O)c1ccccc1.[Zn]. The quantitative estimate of drug-likeness (QED) is 0.462. The fourth-order valence-electron chi connectivity index (χ4n) is 0.967. The van der Waals surface area contributed by atoms with Crippen molar-refractivity contribution in [3.05, 3.63) is 35.9 Å². The Bertz CT molecular complexity index is 259. The molecule has 0 amide bonds. The third-order valence-electron chi connectivity index (χ3n) is 1.74. The largest absolute Gasteiger partial charge is 0.462 e. The first kappa shape index (κ1) is 13.3. The Balaban J connectivity index is 0.00000169. The number of ether oxygens (including phenoxy) is 1. The standard InChI is InChI=1S/C11H14O2.Zn/c1-2-3-9-13-11(12)10-7-5-4-6-8-10;/h4-8H,2-3,9H2,1H3;. The summed E-state index contributed by atoms with van der Waals surface area (Å²) in [4.78, 5) is 11.3. The maximum absolute atomic E-state index is 11.3. The van der Waals surface area contributed by atoms with Crippen LogP contribution in [-0.4, -0.2) is 12.6 Å². The molecule has 0 aliphatic carbocycles. The summed E-state index contributed by atoms with van der Waals surface area (Å²) in [6, 6.07) is 9.05. The number of carbonyl (C=O) groups is 1. The van der Waals surface area contributed by atoms with Gasteiger partial charge in [0, 0.05) is 19.5 Å². The van der Waals surface area contributed by atoms with Gasteiger partial charge in [-0.25, -0.2) is 4.79 Å². The van der Waals surface area contributed by atoms with Crippen LogP contribution in [0.3, 0.4) is 0 Å². The summed E-state index contributed by atoms with van der Waals surface area (Å²) >= 11 is 0. The number of carbonyl (C=O) groups excluding carboxylic acids is 1. The molecule has 2 nitrogen and oxygen atoms in total. The average molecular weight is 244 g/mol. The summed E-state index contributed by atoms with van der Waals surface area (Å²) in [6.07, 6.45) is 1.97. The fraction of sp³-hybridized carbons (Fsp3) is 0.364. The average Bonchev–Trinajstić information content (AvgIpc) is 2.19. The first-order valence-corrected chi connectivity index (χ1v) is 4.56. The van der Waals surface area contributed by atoms with E-state index in [9.17, 15) is 4.79 Å². The number of hydrogen-bond donors (Lipinski definition) is 0. The molecule has 0 saturated carbocycles. The van der Waals surface area contributed by atoms with Crippen LogP contribution in [0.1, 0.15) is 30.1 Å². The minimum atomic E-state index is -0.228. The summed E-state index contributed by atoms with van der Waals surface area (Å²) < 4.78 is 5.03. The second kappa shape index (κ2) is 7.69. The Kier molecular flexibility index (Phi) is 7.32. The number of hydrogen-bond acceptors (Lipinski definition) is 2. The van der Waals surface area contributed by atoms with Crippen LogP contribution in [0.15, 0.2) is 30.3 Å². The Hall–Kier alpha value is -0.687. The maximum Gasteiger partial charge on any atom is 0.338 e. The molecule has 1 rings (SSSR count). The van der Waals surface area contributed by atoms with Crippen LogP contribution in [0.25, 0.3) is 0 Å². The molecule has 0 unspecified atom stereocenters. The second-order valence-electron chi connectivity index (χ2n) is 2.86. The number of rotatable bonds is 4. The molecule has 0 aliphatic heterocycles. The zero-order valence-corrected chi connectivity index (χ0v) is 11.5. The Labute approximate surface area is 97.4 Å². The smallest absolute Gasteiger partial charge is 0.338 e. The van der Waals surface area contributed by atoms with E-state index in [1.807, 2.05) is 18.2 Å². The van der Waals surface area contributed by atoms with Crippen LogP contribution in [0, 0.1) is 0 Å². The van der Waals surface area contributed by atoms with Crippen molar-refractivity contribution in [2.24, 2.45) is 0 Å². The van der Waals surface area contributed by atoms with Crippen LogP contribution >= 0.6 is 0 Å². The van der Waals surface area contributed by atoms with Gasteiger partial charge < -0.3 is 4.74 Å². The van der Waals surface area contributed by atoms with Gasteiger partial charge in [-0.1, -0.05) is 31.5 Å². The van der Waals surface area contributed by atoms with Crippen LogP contribution in [0.2, 0.25) is 0 Å². The Morgan fingerprint density at radius 2 is 1.93 bits per heavy atom. The van der Waals surface area contributed by atoms with Crippen LogP contribution in [-0.2, 0) is 24.2 Å². The number of benzene rings is 1. The summed E-state index contributed by atoms with van der Waals surface area (Å²) in [5.41, 5.74) is 0.624. The first-order valence-electron chi connectivity index (χ1n) is 4.56. The molecule has 0 aromatic heterocycles. The molecule has 0 heterocycles. The van der Waals surface area contributed by atoms with Crippen molar-refractivity contribution in [1.82, 2.24) is 0 Å². The maximum atomic E-state index is 11.3. The van der Waals surface area contributed by atoms with Gasteiger partial charge in [0.15, 0.2) is 0 Å². The van der Waals surface area contributed by atoms with E-state index >= 15 is 0 Å². The van der Waals surface area contributed by atoms with E-state index in [1.54, 1.807) is 12.1 Å². The third-order valence-corrected chi connectivity index (χ3v) is 1.74. The van der Waals surface area contributed by atoms with Crippen molar-refractivity contribution in [2.45, 2.75) is 19.8 Å². The van der Waals surface area contributed by atoms with Gasteiger partial charge >= 0.3 is 5.97 Å². The zero-order chi connectivity index (χ0) is 9.52. The van der Waals surface area contributed by atoms with E-state index in [2.05, 4.69) is 6.92 Å². The molecule has 1 aromatic rings. The first-order chi connectivity index (χ1) is 6.34. The molecule has 0 atom stereocenters. The predicted octanol–water partition coefficient (Wildman–Crippen LogP) is 2.64. The molecule has 0 fully saturated rings. The van der Waals surface area contributed by atoms with Gasteiger partial charge in [0.2, 0.25) is 0 Å². The minimum absolute atomic E-state index is 0. The van der Waals surface area contributed by atoms with Crippen molar-refractivity contribution in [1.29, 1.82) is 0 Å². The molecule has 1 aromatic carbocycles. The summed E-state index contributed by atoms with van der Waals surface area (Å²) in [5.74, 6) is -0.228. The van der Waals surface area contributed by atoms with Crippen LogP contribution in [0.4, 0.5) is 0 Å². The molecule has 0 radical (unpaired) electrons. The van der Waals surface area contributed by atoms with E-state index in [0.29, 0.717) is 12.2 Å². The van der Waals surface area contributed by atoms with Gasteiger partial charge in [-0.3, -0.25) is 0 Å². The van der Waals surface area contributed by atoms with E-state index in [-0.39, 0.29) is 25.4 Å². The van der Waals surface area contributed by atoms with Crippen molar-refractivity contribution < 1.29 is 29.0 Å². The van der Waals surface area contributed by atoms with Crippen LogP contribution < -0.4 is 0 Å². The molecule has 72 valence electrons. The predicted molar refractivity (Wildman–Crippen MR) is 51.6 cm³/mol. The molecule has 0 saturated heterocycles. The molecular formula is C11H14O2Zn. The topological polar surface area (TPSA) is 26.3 Å². The number of esters is 1. The van der Waals surface area contributed by atoms with Crippen molar-refractivity contribution in [2.75, 3.05) is 6.61 Å². The molecule has 0 spiro atoms. The van der Waals surface area contributed by atoms with E-state index in [0.717, 1.165) is 12.8 Å². The molecule has 14 heavy (non-hydrogen) atoms. The van der Waals surface area contributed by atoms with Gasteiger partial charge in [0.05, 0.1) is 12.2 Å². The van der Waals surface area contributed by atoms with Gasteiger partial charge in [-0.15, -0.1) is 0 Å². The monoisotopic (exact) mass is 242 g/mol. The summed E-state index contributed by atoms with van der Waals surface area (Å²) in [5, 5.41) is 0. The Morgan fingerprint density at radius 3 is 2.50 bits per heavy atom. The van der Waals surface area contributed by atoms with Crippen molar-refractivity contribution in [3.63, 3.8) is 0 Å². The van der Waals surface area contributed by atoms with E-state index in [1.165, 1.54) is 0 Å². The fourth-order valence-corrected chi connectivity index (χ4v) is 0.967. The molecule has 3 heteroatoms. The van der Waals surface area contributed by atoms with Crippen molar-refractivity contribution in [3.8, 4) is 0 Å². The van der Waals surface area contributed by atoms with E-state index in [4.69, 9.17) is 4.74 Å². The third kappa shape index (κ3) is 4.52. The van der Waals surface area contributed by atoms with Gasteiger partial charge in [0.1, 0.15) is 0 Å². The minimum Gasteiger partial charge on any atom is -0.462 e. The second-order valence-corrected chi connectivity index (χ2v) is 2.86. The van der Waals surface area contributed by atoms with E-state index < -0.39 is 0 Å². The number of unbranched alkanes of at least 4 members (excludes halogenated alkanes) is 1. The van der Waals surface area contributed by atoms with Crippen molar-refractivity contribution >= 4 is 5.97 Å². The normalized spacial score (nSPS) is 8.93. The summed E-state index contributed by atoms with van der Waals surface area (Å²) in [7, 11) is 0. The van der Waals surface area contributed by atoms with Gasteiger partial charge in [-0.2, -0.15) is 0 Å². The molecule has 0 aliphatic rings. The van der Waals surface area contributed by atoms with Gasteiger partial charge in [-0.05, 0) is 18.6 Å². The van der Waals surface area contributed by atoms with Crippen LogP contribution in [0.5, 0.6) is 0 Å². The molecule has 0 N–H and O–H groups in total. The Morgan fingerprint density at radius 1 is 1.29 bits per heavy atom.